The second-order valence-corrected chi connectivity index (χ2v) is 5.78. The standard InChI is InChI=1S/C19H36/c1-4-7-9-11-13-15-17-19(6-3)18-16-14-12-10-8-5-2/h19H,4-7,9,11-18H2,1-3H3. The Bertz CT molecular complexity index is 218. The van der Waals surface area contributed by atoms with Gasteiger partial charge >= 0.3 is 0 Å². The molecule has 0 rings (SSSR count). The van der Waals surface area contributed by atoms with Crippen LogP contribution in [-0.4, -0.2) is 0 Å². The van der Waals surface area contributed by atoms with Gasteiger partial charge in [-0.05, 0) is 12.3 Å². The molecule has 0 saturated heterocycles. The first-order chi connectivity index (χ1) is 9.35. The van der Waals surface area contributed by atoms with Gasteiger partial charge in [-0.2, -0.15) is 0 Å². The molecule has 0 aliphatic carbocycles. The zero-order valence-corrected chi connectivity index (χ0v) is 13.8. The minimum Gasteiger partial charge on any atom is -0.104 e. The summed E-state index contributed by atoms with van der Waals surface area (Å²) in [5, 5.41) is 0. The van der Waals surface area contributed by atoms with Crippen LogP contribution in [-0.2, 0) is 0 Å². The van der Waals surface area contributed by atoms with Crippen LogP contribution < -0.4 is 0 Å². The van der Waals surface area contributed by atoms with E-state index in [1.54, 1.807) is 0 Å². The molecule has 0 heterocycles. The highest BCUT2D eigenvalue weighted by Gasteiger charge is 2.05. The van der Waals surface area contributed by atoms with Crippen LogP contribution in [0.25, 0.3) is 0 Å². The van der Waals surface area contributed by atoms with Gasteiger partial charge < -0.3 is 0 Å². The largest absolute Gasteiger partial charge is 0.104 e. The lowest BCUT2D eigenvalue weighted by atomic mass is 9.92. The number of hydrogen-bond acceptors (Lipinski definition) is 0. The predicted molar refractivity (Wildman–Crippen MR) is 88.3 cm³/mol. The zero-order chi connectivity index (χ0) is 14.2. The van der Waals surface area contributed by atoms with Crippen molar-refractivity contribution in [3.8, 4) is 11.8 Å². The molecule has 0 aromatic carbocycles. The Morgan fingerprint density at radius 2 is 1.32 bits per heavy atom. The molecule has 0 nitrogen and oxygen atoms in total. The van der Waals surface area contributed by atoms with E-state index in [0.29, 0.717) is 0 Å². The molecule has 0 aromatic heterocycles. The maximum atomic E-state index is 3.25. The molecule has 0 aliphatic heterocycles. The van der Waals surface area contributed by atoms with E-state index in [1.165, 1.54) is 70.6 Å². The first kappa shape index (κ1) is 18.6. The summed E-state index contributed by atoms with van der Waals surface area (Å²) in [4.78, 5) is 0. The summed E-state index contributed by atoms with van der Waals surface area (Å²) in [5.74, 6) is 7.38. The Hall–Kier alpha value is -0.440. The third-order valence-corrected chi connectivity index (χ3v) is 4.01. The van der Waals surface area contributed by atoms with Crippen molar-refractivity contribution in [3.63, 3.8) is 0 Å². The first-order valence-electron chi connectivity index (χ1n) is 8.80. The van der Waals surface area contributed by atoms with Gasteiger partial charge in [-0.15, -0.1) is 11.8 Å². The molecule has 0 radical (unpaired) electrons. The molecule has 19 heavy (non-hydrogen) atoms. The third-order valence-electron chi connectivity index (χ3n) is 4.01. The van der Waals surface area contributed by atoms with Crippen molar-refractivity contribution in [2.75, 3.05) is 0 Å². The summed E-state index contributed by atoms with van der Waals surface area (Å²) < 4.78 is 0. The van der Waals surface area contributed by atoms with E-state index < -0.39 is 0 Å². The van der Waals surface area contributed by atoms with Crippen molar-refractivity contribution in [1.82, 2.24) is 0 Å². The van der Waals surface area contributed by atoms with Crippen LogP contribution in [0, 0.1) is 17.8 Å². The van der Waals surface area contributed by atoms with Gasteiger partial charge in [-0.25, -0.2) is 0 Å². The monoisotopic (exact) mass is 264 g/mol. The molecule has 1 atom stereocenters. The van der Waals surface area contributed by atoms with E-state index in [-0.39, 0.29) is 0 Å². The second-order valence-electron chi connectivity index (χ2n) is 5.78. The van der Waals surface area contributed by atoms with Gasteiger partial charge in [0, 0.05) is 12.8 Å². The van der Waals surface area contributed by atoms with Gasteiger partial charge in [-0.3, -0.25) is 0 Å². The molecular weight excluding hydrogens is 228 g/mol. The number of hydrogen-bond donors (Lipinski definition) is 0. The minimum atomic E-state index is 0.977. The third kappa shape index (κ3) is 13.8. The van der Waals surface area contributed by atoms with Crippen LogP contribution in [0.15, 0.2) is 0 Å². The fourth-order valence-corrected chi connectivity index (χ4v) is 2.63. The van der Waals surface area contributed by atoms with Crippen LogP contribution in [0.2, 0.25) is 0 Å². The summed E-state index contributed by atoms with van der Waals surface area (Å²) >= 11 is 0. The Kier molecular flexibility index (Phi) is 15.3. The lowest BCUT2D eigenvalue weighted by Gasteiger charge is -2.14. The first-order valence-corrected chi connectivity index (χ1v) is 8.80. The summed E-state index contributed by atoms with van der Waals surface area (Å²) in [6, 6.07) is 0. The lowest BCUT2D eigenvalue weighted by Crippen LogP contribution is -1.99. The van der Waals surface area contributed by atoms with Crippen LogP contribution in [0.3, 0.4) is 0 Å². The second kappa shape index (κ2) is 15.6. The number of unbranched alkanes of at least 4 members (excludes halogenated alkanes) is 7. The highest BCUT2D eigenvalue weighted by atomic mass is 14.1. The molecule has 1 unspecified atom stereocenters. The van der Waals surface area contributed by atoms with Crippen molar-refractivity contribution in [2.45, 2.75) is 104 Å². The Morgan fingerprint density at radius 1 is 0.684 bits per heavy atom. The summed E-state index contributed by atoms with van der Waals surface area (Å²) in [6.07, 6.45) is 17.7. The average Bonchev–Trinajstić information content (AvgIpc) is 2.44. The van der Waals surface area contributed by atoms with Crippen LogP contribution in [0.4, 0.5) is 0 Å². The molecule has 0 saturated carbocycles. The molecule has 0 heteroatoms. The van der Waals surface area contributed by atoms with Crippen molar-refractivity contribution in [1.29, 1.82) is 0 Å². The Balaban J connectivity index is 3.39. The Morgan fingerprint density at radius 3 is 1.95 bits per heavy atom. The molecule has 112 valence electrons. The van der Waals surface area contributed by atoms with Crippen LogP contribution in [0.1, 0.15) is 104 Å². The molecular formula is C19H36. The molecule has 0 bridgehead atoms. The van der Waals surface area contributed by atoms with Crippen LogP contribution >= 0.6 is 0 Å². The van der Waals surface area contributed by atoms with Crippen molar-refractivity contribution >= 4 is 0 Å². The summed E-state index contributed by atoms with van der Waals surface area (Å²) in [5.41, 5.74) is 0. The van der Waals surface area contributed by atoms with E-state index in [9.17, 15) is 0 Å². The van der Waals surface area contributed by atoms with Gasteiger partial charge in [0.05, 0.1) is 0 Å². The molecule has 0 N–H and O–H groups in total. The average molecular weight is 264 g/mol. The van der Waals surface area contributed by atoms with Crippen molar-refractivity contribution < 1.29 is 0 Å². The smallest absolute Gasteiger partial charge is 0.00886 e. The van der Waals surface area contributed by atoms with E-state index in [2.05, 4.69) is 32.6 Å². The minimum absolute atomic E-state index is 0.977. The van der Waals surface area contributed by atoms with E-state index in [0.717, 1.165) is 18.8 Å². The fraction of sp³-hybridized carbons (Fsp3) is 0.895. The molecule has 0 amide bonds. The van der Waals surface area contributed by atoms with E-state index >= 15 is 0 Å². The van der Waals surface area contributed by atoms with E-state index in [1.807, 2.05) is 0 Å². The lowest BCUT2D eigenvalue weighted by molar-refractivity contribution is 0.398. The summed E-state index contributed by atoms with van der Waals surface area (Å²) in [6.45, 7) is 6.78. The Labute approximate surface area is 122 Å². The predicted octanol–water partition coefficient (Wildman–Crippen LogP) is 6.74. The van der Waals surface area contributed by atoms with Gasteiger partial charge in [0.2, 0.25) is 0 Å². The van der Waals surface area contributed by atoms with Gasteiger partial charge in [0.25, 0.3) is 0 Å². The van der Waals surface area contributed by atoms with Gasteiger partial charge in [-0.1, -0.05) is 85.0 Å². The van der Waals surface area contributed by atoms with Crippen molar-refractivity contribution in [3.05, 3.63) is 0 Å². The maximum absolute atomic E-state index is 3.25. The fourth-order valence-electron chi connectivity index (χ4n) is 2.63. The quantitative estimate of drug-likeness (QED) is 0.270. The van der Waals surface area contributed by atoms with Gasteiger partial charge in [0.15, 0.2) is 0 Å². The molecule has 0 spiro atoms. The zero-order valence-electron chi connectivity index (χ0n) is 13.8. The molecule has 0 aliphatic rings. The molecule has 0 fully saturated rings. The van der Waals surface area contributed by atoms with Gasteiger partial charge in [0.1, 0.15) is 0 Å². The highest BCUT2D eigenvalue weighted by molar-refractivity contribution is 4.97. The topological polar surface area (TPSA) is 0 Å². The number of rotatable bonds is 12. The molecule has 0 aromatic rings. The highest BCUT2D eigenvalue weighted by Crippen LogP contribution is 2.20. The SMILES string of the molecule is CCC#CCCCCC(CC)CCCCCCCC. The van der Waals surface area contributed by atoms with Crippen molar-refractivity contribution in [2.24, 2.45) is 5.92 Å². The maximum Gasteiger partial charge on any atom is 0.00886 e. The van der Waals surface area contributed by atoms with E-state index in [4.69, 9.17) is 0 Å². The summed E-state index contributed by atoms with van der Waals surface area (Å²) in [7, 11) is 0. The normalized spacial score (nSPS) is 11.9. The van der Waals surface area contributed by atoms with Crippen LogP contribution in [0.5, 0.6) is 0 Å².